The molecule has 3 aromatic heterocycles. The zero-order valence-electron chi connectivity index (χ0n) is 35.7. The summed E-state index contributed by atoms with van der Waals surface area (Å²) in [6.07, 6.45) is 3.81. The van der Waals surface area contributed by atoms with Crippen LogP contribution < -0.4 is 14.5 Å². The summed E-state index contributed by atoms with van der Waals surface area (Å²) >= 11 is 0. The first-order valence-corrected chi connectivity index (χ1v) is 20.7. The number of rotatable bonds is 6. The highest BCUT2D eigenvalue weighted by Crippen LogP contribution is 2.50. The summed E-state index contributed by atoms with van der Waals surface area (Å²) in [6, 6.07) is 47.4. The number of hydrogen-bond donors (Lipinski definition) is 0. The Hall–Kier alpha value is -6.40. The lowest BCUT2D eigenvalue weighted by Gasteiger charge is -2.36. The van der Waals surface area contributed by atoms with Crippen molar-refractivity contribution < 1.29 is 4.74 Å². The lowest BCUT2D eigenvalue weighted by molar-refractivity contribution is 0.483. The summed E-state index contributed by atoms with van der Waals surface area (Å²) in [5, 5.41) is 2.34. The highest BCUT2D eigenvalue weighted by Gasteiger charge is 2.36. The number of hydrogen-bond acceptors (Lipinski definition) is 5. The summed E-state index contributed by atoms with van der Waals surface area (Å²) < 4.78 is 9.00. The van der Waals surface area contributed by atoms with Gasteiger partial charge in [-0.1, -0.05) is 117 Å². The Morgan fingerprint density at radius 2 is 1.20 bits per heavy atom. The quantitative estimate of drug-likeness (QED) is 0.168. The minimum absolute atomic E-state index is 0.00506. The van der Waals surface area contributed by atoms with E-state index in [1.807, 2.05) is 24.5 Å². The molecule has 8 aromatic rings. The molecule has 0 amide bonds. The fourth-order valence-corrected chi connectivity index (χ4v) is 8.47. The minimum Gasteiger partial charge on any atom is -0.457 e. The molecule has 0 atom stereocenters. The Kier molecular flexibility index (Phi) is 9.15. The second-order valence-corrected chi connectivity index (χ2v) is 18.9. The first-order chi connectivity index (χ1) is 28.1. The van der Waals surface area contributed by atoms with Gasteiger partial charge in [0.25, 0.3) is 0 Å². The smallest absolute Gasteiger partial charge is 0.158 e. The molecule has 0 fully saturated rings. The fourth-order valence-electron chi connectivity index (χ4n) is 8.47. The predicted octanol–water partition coefficient (Wildman–Crippen LogP) is 14.2. The summed E-state index contributed by atoms with van der Waals surface area (Å²) in [5.41, 5.74) is 11.6. The average molecular weight is 776 g/mol. The summed E-state index contributed by atoms with van der Waals surface area (Å²) in [4.78, 5) is 14.7. The number of pyridine rings is 2. The predicted molar refractivity (Wildman–Crippen MR) is 246 cm³/mol. The summed E-state index contributed by atoms with van der Waals surface area (Å²) in [5.74, 6) is 3.33. The molecule has 0 saturated heterocycles. The van der Waals surface area contributed by atoms with Gasteiger partial charge in [-0.3, -0.25) is 4.57 Å². The van der Waals surface area contributed by atoms with E-state index in [2.05, 4.69) is 198 Å². The van der Waals surface area contributed by atoms with Crippen LogP contribution in [0, 0.1) is 0 Å². The van der Waals surface area contributed by atoms with Gasteiger partial charge < -0.3 is 14.5 Å². The number of nitrogens with zero attached hydrogens (tertiary/aromatic N) is 5. The molecule has 1 aliphatic heterocycles. The van der Waals surface area contributed by atoms with Crippen LogP contribution in [0.25, 0.3) is 38.8 Å². The molecular formula is C53H53N5O. The van der Waals surface area contributed by atoms with E-state index in [0.29, 0.717) is 6.67 Å². The lowest BCUT2D eigenvalue weighted by atomic mass is 9.76. The second kappa shape index (κ2) is 14.2. The van der Waals surface area contributed by atoms with Crippen molar-refractivity contribution in [3.8, 4) is 28.4 Å². The molecule has 0 unspecified atom stereocenters. The third-order valence-corrected chi connectivity index (χ3v) is 11.5. The topological polar surface area (TPSA) is 46.4 Å². The molecule has 6 heteroatoms. The van der Waals surface area contributed by atoms with Crippen molar-refractivity contribution in [3.05, 3.63) is 163 Å². The largest absolute Gasteiger partial charge is 0.457 e. The van der Waals surface area contributed by atoms with Crippen LogP contribution in [0.1, 0.15) is 79.0 Å². The van der Waals surface area contributed by atoms with Gasteiger partial charge in [0, 0.05) is 41.0 Å². The third kappa shape index (κ3) is 7.01. The Bertz CT molecular complexity index is 2820. The van der Waals surface area contributed by atoms with Crippen molar-refractivity contribution in [1.82, 2.24) is 14.5 Å². The normalized spacial score (nSPS) is 13.4. The molecule has 0 bridgehead atoms. The molecule has 0 spiro atoms. The standard InChI is InChI=1S/C53H53N5O/c1-51(2,3)37-26-28-54-48(31-37)58-45-22-14-13-21-41(45)42-25-24-40(33-47(42)58)59-39-20-15-19-38(32-39)56-34-57(46-23-16-27-55-50(46)56)49-43(52(4,5)6)29-36(30-44(49)53(7,8)9)35-17-11-10-12-18-35/h10-33H,34H2,1-9H3. The maximum Gasteiger partial charge on any atom is 0.158 e. The number of para-hydroxylation sites is 1. The molecule has 296 valence electrons. The van der Waals surface area contributed by atoms with Crippen LogP contribution in [0.3, 0.4) is 0 Å². The van der Waals surface area contributed by atoms with Crippen molar-refractivity contribution >= 4 is 44.7 Å². The van der Waals surface area contributed by atoms with E-state index in [1.165, 1.54) is 38.9 Å². The Labute approximate surface area is 348 Å². The molecule has 6 nitrogen and oxygen atoms in total. The van der Waals surface area contributed by atoms with Gasteiger partial charge >= 0.3 is 0 Å². The Morgan fingerprint density at radius 1 is 0.508 bits per heavy atom. The van der Waals surface area contributed by atoms with Gasteiger partial charge in [0.05, 0.1) is 22.4 Å². The van der Waals surface area contributed by atoms with Gasteiger partial charge in [-0.15, -0.1) is 0 Å². The van der Waals surface area contributed by atoms with Crippen molar-refractivity contribution in [1.29, 1.82) is 0 Å². The number of ether oxygens (including phenoxy) is 1. The van der Waals surface area contributed by atoms with Crippen LogP contribution in [-0.4, -0.2) is 21.2 Å². The van der Waals surface area contributed by atoms with Gasteiger partial charge in [-0.2, -0.15) is 0 Å². The van der Waals surface area contributed by atoms with Gasteiger partial charge in [-0.25, -0.2) is 9.97 Å². The van der Waals surface area contributed by atoms with Crippen LogP contribution in [-0.2, 0) is 16.2 Å². The first-order valence-electron chi connectivity index (χ1n) is 20.7. The van der Waals surface area contributed by atoms with E-state index in [-0.39, 0.29) is 16.2 Å². The molecule has 0 saturated carbocycles. The number of anilines is 4. The first kappa shape index (κ1) is 38.1. The number of aromatic nitrogens is 3. The highest BCUT2D eigenvalue weighted by atomic mass is 16.5. The van der Waals surface area contributed by atoms with E-state index in [4.69, 9.17) is 14.7 Å². The Morgan fingerprint density at radius 3 is 1.93 bits per heavy atom. The molecule has 4 heterocycles. The maximum absolute atomic E-state index is 6.74. The third-order valence-electron chi connectivity index (χ3n) is 11.5. The van der Waals surface area contributed by atoms with E-state index < -0.39 is 0 Å². The van der Waals surface area contributed by atoms with Crippen molar-refractivity contribution in [2.75, 3.05) is 16.5 Å². The second-order valence-electron chi connectivity index (χ2n) is 18.9. The number of fused-ring (bicyclic) bond motifs is 4. The van der Waals surface area contributed by atoms with E-state index in [0.717, 1.165) is 50.9 Å². The SMILES string of the molecule is CC(C)(C)c1ccnc(-n2c3ccccc3c3ccc(Oc4cccc(N5CN(c6c(C(C)(C)C)cc(-c7ccccc7)cc6C(C)(C)C)c6cccnc65)c4)cc32)c1. The molecular weight excluding hydrogens is 723 g/mol. The minimum atomic E-state index is -0.123. The van der Waals surface area contributed by atoms with E-state index in [1.54, 1.807) is 0 Å². The number of benzene rings is 5. The van der Waals surface area contributed by atoms with Crippen molar-refractivity contribution in [3.63, 3.8) is 0 Å². The average Bonchev–Trinajstić information content (AvgIpc) is 3.76. The van der Waals surface area contributed by atoms with E-state index >= 15 is 0 Å². The molecule has 0 N–H and O–H groups in total. The highest BCUT2D eigenvalue weighted by molar-refractivity contribution is 6.09. The van der Waals surface area contributed by atoms with Crippen molar-refractivity contribution in [2.24, 2.45) is 0 Å². The maximum atomic E-state index is 6.74. The fraction of sp³-hybridized carbons (Fsp3) is 0.245. The van der Waals surface area contributed by atoms with Gasteiger partial charge in [0.15, 0.2) is 5.82 Å². The van der Waals surface area contributed by atoms with E-state index in [9.17, 15) is 0 Å². The molecule has 9 rings (SSSR count). The molecule has 0 aliphatic carbocycles. The van der Waals surface area contributed by atoms with Crippen LogP contribution >= 0.6 is 0 Å². The molecule has 1 aliphatic rings. The van der Waals surface area contributed by atoms with Crippen LogP contribution in [0.2, 0.25) is 0 Å². The van der Waals surface area contributed by atoms with Gasteiger partial charge in [0.2, 0.25) is 0 Å². The zero-order chi connectivity index (χ0) is 41.3. The molecule has 5 aromatic carbocycles. The van der Waals surface area contributed by atoms with Crippen LogP contribution in [0.15, 0.2) is 146 Å². The Balaban J connectivity index is 1.10. The van der Waals surface area contributed by atoms with Crippen LogP contribution in [0.4, 0.5) is 22.9 Å². The summed E-state index contributed by atoms with van der Waals surface area (Å²) in [7, 11) is 0. The van der Waals surface area contributed by atoms with Crippen LogP contribution in [0.5, 0.6) is 11.5 Å². The monoisotopic (exact) mass is 775 g/mol. The molecule has 59 heavy (non-hydrogen) atoms. The molecule has 0 radical (unpaired) electrons. The van der Waals surface area contributed by atoms with Gasteiger partial charge in [-0.05, 0) is 111 Å². The van der Waals surface area contributed by atoms with Crippen molar-refractivity contribution in [2.45, 2.75) is 78.6 Å². The zero-order valence-corrected chi connectivity index (χ0v) is 35.7. The lowest BCUT2D eigenvalue weighted by Crippen LogP contribution is -2.30. The summed E-state index contributed by atoms with van der Waals surface area (Å²) in [6.45, 7) is 21.3. The van der Waals surface area contributed by atoms with Gasteiger partial charge in [0.1, 0.15) is 24.0 Å².